The summed E-state index contributed by atoms with van der Waals surface area (Å²) in [4.78, 5) is 0. The standard InChI is InChI=1S/C10H7NO2/c1-12-9-5-7(6-11)4-8-2-3-13-10(8)9/h2-5H,1H3. The maximum Gasteiger partial charge on any atom is 0.175 e. The Morgan fingerprint density at radius 3 is 3.00 bits per heavy atom. The quantitative estimate of drug-likeness (QED) is 0.664. The van der Waals surface area contributed by atoms with Crippen LogP contribution in [-0.2, 0) is 0 Å². The minimum atomic E-state index is 0.575. The summed E-state index contributed by atoms with van der Waals surface area (Å²) >= 11 is 0. The highest BCUT2D eigenvalue weighted by atomic mass is 16.5. The van der Waals surface area contributed by atoms with Gasteiger partial charge in [-0.05, 0) is 12.1 Å². The summed E-state index contributed by atoms with van der Waals surface area (Å²) in [6.07, 6.45) is 1.58. The highest BCUT2D eigenvalue weighted by Crippen LogP contribution is 2.27. The minimum absolute atomic E-state index is 0.575. The molecule has 0 radical (unpaired) electrons. The second kappa shape index (κ2) is 2.83. The molecule has 0 bridgehead atoms. The number of rotatable bonds is 1. The highest BCUT2D eigenvalue weighted by Gasteiger charge is 2.06. The summed E-state index contributed by atoms with van der Waals surface area (Å²) in [5, 5.41) is 9.60. The molecule has 0 aliphatic carbocycles. The molecule has 3 heteroatoms. The Hall–Kier alpha value is -1.95. The summed E-state index contributed by atoms with van der Waals surface area (Å²) < 4.78 is 10.3. The molecular weight excluding hydrogens is 166 g/mol. The molecule has 2 aromatic rings. The Morgan fingerprint density at radius 1 is 1.46 bits per heavy atom. The molecule has 1 heterocycles. The lowest BCUT2D eigenvalue weighted by atomic mass is 10.1. The number of benzene rings is 1. The van der Waals surface area contributed by atoms with Gasteiger partial charge in [-0.15, -0.1) is 0 Å². The smallest absolute Gasteiger partial charge is 0.175 e. The molecule has 0 unspecified atom stereocenters. The van der Waals surface area contributed by atoms with Crippen LogP contribution in [0.4, 0.5) is 0 Å². The summed E-state index contributed by atoms with van der Waals surface area (Å²) in [5.41, 5.74) is 1.26. The number of methoxy groups -OCH3 is 1. The van der Waals surface area contributed by atoms with Gasteiger partial charge in [0, 0.05) is 11.5 Å². The van der Waals surface area contributed by atoms with E-state index in [1.807, 2.05) is 0 Å². The van der Waals surface area contributed by atoms with E-state index >= 15 is 0 Å². The van der Waals surface area contributed by atoms with E-state index in [0.717, 1.165) is 5.39 Å². The topological polar surface area (TPSA) is 46.2 Å². The fourth-order valence-electron chi connectivity index (χ4n) is 1.27. The van der Waals surface area contributed by atoms with Crippen molar-refractivity contribution in [1.82, 2.24) is 0 Å². The average Bonchev–Trinajstić information content (AvgIpc) is 2.63. The van der Waals surface area contributed by atoms with Crippen LogP contribution in [-0.4, -0.2) is 7.11 Å². The van der Waals surface area contributed by atoms with Crippen molar-refractivity contribution in [2.24, 2.45) is 0 Å². The molecule has 0 saturated carbocycles. The Bertz CT molecular complexity index is 479. The van der Waals surface area contributed by atoms with Crippen LogP contribution < -0.4 is 4.74 Å². The molecule has 0 N–H and O–H groups in total. The normalized spacial score (nSPS) is 9.85. The largest absolute Gasteiger partial charge is 0.493 e. The molecule has 0 aliphatic heterocycles. The first-order valence-electron chi connectivity index (χ1n) is 3.80. The van der Waals surface area contributed by atoms with Gasteiger partial charge in [-0.2, -0.15) is 5.26 Å². The number of nitriles is 1. The second-order valence-corrected chi connectivity index (χ2v) is 2.63. The van der Waals surface area contributed by atoms with Gasteiger partial charge in [-0.1, -0.05) is 0 Å². The first kappa shape index (κ1) is 7.69. The zero-order chi connectivity index (χ0) is 9.26. The van der Waals surface area contributed by atoms with Gasteiger partial charge >= 0.3 is 0 Å². The van der Waals surface area contributed by atoms with Crippen molar-refractivity contribution in [3.8, 4) is 11.8 Å². The fraction of sp³-hybridized carbons (Fsp3) is 0.100. The molecule has 0 aliphatic rings. The molecule has 0 atom stereocenters. The molecular formula is C10H7NO2. The SMILES string of the molecule is COc1cc(C#N)cc2ccoc12. The van der Waals surface area contributed by atoms with Crippen molar-refractivity contribution < 1.29 is 9.15 Å². The van der Waals surface area contributed by atoms with Gasteiger partial charge in [0.2, 0.25) is 0 Å². The van der Waals surface area contributed by atoms with Crippen molar-refractivity contribution in [2.45, 2.75) is 0 Å². The lowest BCUT2D eigenvalue weighted by Gasteiger charge is -2.00. The van der Waals surface area contributed by atoms with Crippen LogP contribution >= 0.6 is 0 Å². The van der Waals surface area contributed by atoms with Crippen molar-refractivity contribution in [3.63, 3.8) is 0 Å². The average molecular weight is 173 g/mol. The van der Waals surface area contributed by atoms with Crippen LogP contribution in [0.25, 0.3) is 11.0 Å². The van der Waals surface area contributed by atoms with Gasteiger partial charge in [-0.25, -0.2) is 0 Å². The molecule has 0 spiro atoms. The summed E-state index contributed by atoms with van der Waals surface area (Å²) in [7, 11) is 1.55. The predicted molar refractivity (Wildman–Crippen MR) is 47.5 cm³/mol. The van der Waals surface area contributed by atoms with E-state index in [1.165, 1.54) is 0 Å². The molecule has 0 fully saturated rings. The first-order chi connectivity index (χ1) is 6.35. The molecule has 0 amide bonds. The number of nitrogens with zero attached hydrogens (tertiary/aromatic N) is 1. The highest BCUT2D eigenvalue weighted by molar-refractivity contribution is 5.84. The van der Waals surface area contributed by atoms with Crippen molar-refractivity contribution in [1.29, 1.82) is 5.26 Å². The van der Waals surface area contributed by atoms with Crippen molar-refractivity contribution in [2.75, 3.05) is 7.11 Å². The maximum atomic E-state index is 8.72. The molecule has 13 heavy (non-hydrogen) atoms. The van der Waals surface area contributed by atoms with E-state index in [1.54, 1.807) is 31.6 Å². The third kappa shape index (κ3) is 1.13. The molecule has 1 aromatic heterocycles. The van der Waals surface area contributed by atoms with E-state index in [9.17, 15) is 0 Å². The third-order valence-corrected chi connectivity index (χ3v) is 1.87. The van der Waals surface area contributed by atoms with Crippen LogP contribution in [0.1, 0.15) is 5.56 Å². The minimum Gasteiger partial charge on any atom is -0.493 e. The van der Waals surface area contributed by atoms with Gasteiger partial charge in [0.05, 0.1) is 25.0 Å². The van der Waals surface area contributed by atoms with E-state index in [-0.39, 0.29) is 0 Å². The molecule has 3 nitrogen and oxygen atoms in total. The van der Waals surface area contributed by atoms with Crippen molar-refractivity contribution in [3.05, 3.63) is 30.0 Å². The molecule has 64 valence electrons. The van der Waals surface area contributed by atoms with Gasteiger partial charge in [0.25, 0.3) is 0 Å². The zero-order valence-corrected chi connectivity index (χ0v) is 7.07. The number of hydrogen-bond donors (Lipinski definition) is 0. The van der Waals surface area contributed by atoms with Crippen LogP contribution in [0.15, 0.2) is 28.9 Å². The van der Waals surface area contributed by atoms with Gasteiger partial charge in [-0.3, -0.25) is 0 Å². The molecule has 2 rings (SSSR count). The summed E-state index contributed by atoms with van der Waals surface area (Å²) in [5.74, 6) is 0.596. The Balaban J connectivity index is 2.79. The van der Waals surface area contributed by atoms with Crippen LogP contribution in [0.3, 0.4) is 0 Å². The lowest BCUT2D eigenvalue weighted by Crippen LogP contribution is -1.84. The molecule has 1 aromatic carbocycles. The van der Waals surface area contributed by atoms with E-state index < -0.39 is 0 Å². The third-order valence-electron chi connectivity index (χ3n) is 1.87. The number of fused-ring (bicyclic) bond motifs is 1. The number of furan rings is 1. The zero-order valence-electron chi connectivity index (χ0n) is 7.07. The predicted octanol–water partition coefficient (Wildman–Crippen LogP) is 2.31. The van der Waals surface area contributed by atoms with Crippen molar-refractivity contribution >= 4 is 11.0 Å². The van der Waals surface area contributed by atoms with Gasteiger partial charge in [0.1, 0.15) is 0 Å². The van der Waals surface area contributed by atoms with Crippen LogP contribution in [0.5, 0.6) is 5.75 Å². The molecule has 0 saturated heterocycles. The lowest BCUT2D eigenvalue weighted by molar-refractivity contribution is 0.410. The summed E-state index contributed by atoms with van der Waals surface area (Å²) in [6.45, 7) is 0. The van der Waals surface area contributed by atoms with E-state index in [0.29, 0.717) is 16.9 Å². The van der Waals surface area contributed by atoms with Crippen LogP contribution in [0, 0.1) is 11.3 Å². The summed E-state index contributed by atoms with van der Waals surface area (Å²) in [6, 6.07) is 7.29. The monoisotopic (exact) mass is 173 g/mol. The Kier molecular flexibility index (Phi) is 1.67. The van der Waals surface area contributed by atoms with Gasteiger partial charge < -0.3 is 9.15 Å². The first-order valence-corrected chi connectivity index (χ1v) is 3.80. The van der Waals surface area contributed by atoms with Gasteiger partial charge in [0.15, 0.2) is 11.3 Å². The Labute approximate surface area is 75.1 Å². The number of ether oxygens (including phenoxy) is 1. The number of hydrogen-bond acceptors (Lipinski definition) is 3. The van der Waals surface area contributed by atoms with Crippen LogP contribution in [0.2, 0.25) is 0 Å². The second-order valence-electron chi connectivity index (χ2n) is 2.63. The Morgan fingerprint density at radius 2 is 2.31 bits per heavy atom. The fourth-order valence-corrected chi connectivity index (χ4v) is 1.27. The maximum absolute atomic E-state index is 8.72. The van der Waals surface area contributed by atoms with E-state index in [2.05, 4.69) is 6.07 Å². The van der Waals surface area contributed by atoms with E-state index in [4.69, 9.17) is 14.4 Å².